The molecule has 0 atom stereocenters. The SMILES string of the molecule is Cc1ccc(Oc2ccc(N3C(=O)c4ccc(Oc5ccc(N)cc5)cc4C3=O)cc2)cc1C. The van der Waals surface area contributed by atoms with Crippen molar-refractivity contribution in [3.05, 3.63) is 107 Å². The van der Waals surface area contributed by atoms with E-state index in [0.717, 1.165) is 16.2 Å². The van der Waals surface area contributed by atoms with Gasteiger partial charge in [-0.2, -0.15) is 0 Å². The molecule has 0 fully saturated rings. The number of hydrogen-bond acceptors (Lipinski definition) is 5. The van der Waals surface area contributed by atoms with Crippen molar-refractivity contribution in [3.8, 4) is 23.0 Å². The monoisotopic (exact) mass is 450 g/mol. The van der Waals surface area contributed by atoms with Crippen LogP contribution in [0.2, 0.25) is 0 Å². The van der Waals surface area contributed by atoms with E-state index in [2.05, 4.69) is 0 Å². The first-order valence-corrected chi connectivity index (χ1v) is 10.8. The minimum Gasteiger partial charge on any atom is -0.457 e. The van der Waals surface area contributed by atoms with Crippen molar-refractivity contribution in [2.75, 3.05) is 10.6 Å². The highest BCUT2D eigenvalue weighted by atomic mass is 16.5. The van der Waals surface area contributed by atoms with E-state index >= 15 is 0 Å². The van der Waals surface area contributed by atoms with Crippen LogP contribution in [-0.4, -0.2) is 11.8 Å². The smallest absolute Gasteiger partial charge is 0.266 e. The van der Waals surface area contributed by atoms with Gasteiger partial charge in [0.25, 0.3) is 11.8 Å². The van der Waals surface area contributed by atoms with Gasteiger partial charge >= 0.3 is 0 Å². The summed E-state index contributed by atoms with van der Waals surface area (Å²) < 4.78 is 11.7. The number of nitrogens with two attached hydrogens (primary N) is 1. The Morgan fingerprint density at radius 1 is 0.588 bits per heavy atom. The predicted octanol–water partition coefficient (Wildman–Crippen LogP) is 6.27. The van der Waals surface area contributed by atoms with Gasteiger partial charge in [0, 0.05) is 5.69 Å². The standard InChI is InChI=1S/C28H22N2O4/c1-17-3-8-23(15-18(17)2)33-22-11-6-20(7-12-22)30-27(31)25-14-13-24(16-26(25)28(30)32)34-21-9-4-19(29)5-10-21/h3-16H,29H2,1-2H3. The van der Waals surface area contributed by atoms with Crippen LogP contribution in [0.1, 0.15) is 31.8 Å². The predicted molar refractivity (Wildman–Crippen MR) is 131 cm³/mol. The summed E-state index contributed by atoms with van der Waals surface area (Å²) >= 11 is 0. The number of fused-ring (bicyclic) bond motifs is 1. The first-order valence-electron chi connectivity index (χ1n) is 10.8. The third kappa shape index (κ3) is 3.97. The van der Waals surface area contributed by atoms with Crippen LogP contribution in [0.3, 0.4) is 0 Å². The Hall–Kier alpha value is -4.58. The Morgan fingerprint density at radius 2 is 1.12 bits per heavy atom. The summed E-state index contributed by atoms with van der Waals surface area (Å²) in [6, 6.07) is 24.6. The van der Waals surface area contributed by atoms with Crippen molar-refractivity contribution < 1.29 is 19.1 Å². The molecule has 168 valence electrons. The quantitative estimate of drug-likeness (QED) is 0.286. The van der Waals surface area contributed by atoms with Gasteiger partial charge in [0.1, 0.15) is 23.0 Å². The fourth-order valence-corrected chi connectivity index (χ4v) is 3.77. The van der Waals surface area contributed by atoms with Gasteiger partial charge < -0.3 is 15.2 Å². The van der Waals surface area contributed by atoms with Crippen LogP contribution in [-0.2, 0) is 0 Å². The van der Waals surface area contributed by atoms with Crippen LogP contribution in [0.5, 0.6) is 23.0 Å². The van der Waals surface area contributed by atoms with Crippen molar-refractivity contribution >= 4 is 23.2 Å². The zero-order chi connectivity index (χ0) is 23.8. The van der Waals surface area contributed by atoms with E-state index in [1.165, 1.54) is 5.56 Å². The van der Waals surface area contributed by atoms with Gasteiger partial charge in [-0.15, -0.1) is 0 Å². The van der Waals surface area contributed by atoms with Gasteiger partial charge in [0.2, 0.25) is 0 Å². The van der Waals surface area contributed by atoms with Crippen molar-refractivity contribution in [3.63, 3.8) is 0 Å². The van der Waals surface area contributed by atoms with Crippen LogP contribution < -0.4 is 20.1 Å². The summed E-state index contributed by atoms with van der Waals surface area (Å²) in [6.45, 7) is 4.07. The lowest BCUT2D eigenvalue weighted by Gasteiger charge is -2.15. The minimum absolute atomic E-state index is 0.299. The van der Waals surface area contributed by atoms with Gasteiger partial charge in [-0.3, -0.25) is 9.59 Å². The van der Waals surface area contributed by atoms with Gasteiger partial charge in [-0.25, -0.2) is 4.90 Å². The maximum atomic E-state index is 13.1. The molecule has 1 heterocycles. The van der Waals surface area contributed by atoms with Crippen molar-refractivity contribution in [1.29, 1.82) is 0 Å². The first-order chi connectivity index (χ1) is 16.4. The Balaban J connectivity index is 1.35. The van der Waals surface area contributed by atoms with E-state index in [4.69, 9.17) is 15.2 Å². The van der Waals surface area contributed by atoms with Crippen LogP contribution in [0.25, 0.3) is 0 Å². The van der Waals surface area contributed by atoms with E-state index in [-0.39, 0.29) is 5.91 Å². The topological polar surface area (TPSA) is 81.9 Å². The molecule has 2 N–H and O–H groups in total. The lowest BCUT2D eigenvalue weighted by atomic mass is 10.1. The highest BCUT2D eigenvalue weighted by Gasteiger charge is 2.37. The maximum Gasteiger partial charge on any atom is 0.266 e. The molecule has 6 heteroatoms. The molecule has 5 rings (SSSR count). The number of anilines is 2. The van der Waals surface area contributed by atoms with Gasteiger partial charge in [-0.05, 0) is 104 Å². The molecule has 0 radical (unpaired) electrons. The van der Waals surface area contributed by atoms with Crippen LogP contribution in [0.15, 0.2) is 84.9 Å². The summed E-state index contributed by atoms with van der Waals surface area (Å²) in [5.41, 5.74) is 9.77. The molecule has 0 saturated heterocycles. The summed E-state index contributed by atoms with van der Waals surface area (Å²) in [5.74, 6) is 1.62. The normalized spacial score (nSPS) is 12.6. The average Bonchev–Trinajstić information content (AvgIpc) is 3.08. The maximum absolute atomic E-state index is 13.1. The van der Waals surface area contributed by atoms with Crippen molar-refractivity contribution in [2.45, 2.75) is 13.8 Å². The summed E-state index contributed by atoms with van der Waals surface area (Å²) in [4.78, 5) is 27.2. The van der Waals surface area contributed by atoms with Gasteiger partial charge in [0.15, 0.2) is 0 Å². The highest BCUT2D eigenvalue weighted by molar-refractivity contribution is 6.34. The molecular weight excluding hydrogens is 428 g/mol. The highest BCUT2D eigenvalue weighted by Crippen LogP contribution is 2.34. The molecule has 0 saturated carbocycles. The molecule has 4 aromatic carbocycles. The fourth-order valence-electron chi connectivity index (χ4n) is 3.77. The van der Waals surface area contributed by atoms with E-state index < -0.39 is 5.91 Å². The Bertz CT molecular complexity index is 1410. The first kappa shape index (κ1) is 21.3. The summed E-state index contributed by atoms with van der Waals surface area (Å²) in [7, 11) is 0. The molecule has 0 spiro atoms. The molecule has 4 aromatic rings. The molecule has 0 bridgehead atoms. The molecule has 0 aromatic heterocycles. The molecule has 1 aliphatic rings. The number of aryl methyl sites for hydroxylation is 2. The third-order valence-corrected chi connectivity index (χ3v) is 5.78. The number of benzene rings is 4. The number of rotatable bonds is 5. The summed E-state index contributed by atoms with van der Waals surface area (Å²) in [5, 5.41) is 0. The minimum atomic E-state index is -0.398. The number of amides is 2. The van der Waals surface area contributed by atoms with Crippen LogP contribution in [0, 0.1) is 13.8 Å². The fraction of sp³-hybridized carbons (Fsp3) is 0.0714. The zero-order valence-corrected chi connectivity index (χ0v) is 18.7. The second kappa shape index (κ2) is 8.41. The second-order valence-electron chi connectivity index (χ2n) is 8.17. The Labute approximate surface area is 197 Å². The Morgan fingerprint density at radius 3 is 1.76 bits per heavy atom. The molecule has 2 amide bonds. The number of carbonyl (C=O) groups excluding carboxylic acids is 2. The number of ether oxygens (including phenoxy) is 2. The van der Waals surface area contributed by atoms with Crippen molar-refractivity contribution in [1.82, 2.24) is 0 Å². The van der Waals surface area contributed by atoms with Gasteiger partial charge in [-0.1, -0.05) is 6.07 Å². The van der Waals surface area contributed by atoms with E-state index in [9.17, 15) is 9.59 Å². The second-order valence-corrected chi connectivity index (χ2v) is 8.17. The molecule has 1 aliphatic heterocycles. The summed E-state index contributed by atoms with van der Waals surface area (Å²) in [6.07, 6.45) is 0. The average molecular weight is 450 g/mol. The molecule has 0 unspecified atom stereocenters. The van der Waals surface area contributed by atoms with Crippen LogP contribution >= 0.6 is 0 Å². The number of nitrogen functional groups attached to an aromatic ring is 1. The zero-order valence-electron chi connectivity index (χ0n) is 18.7. The van der Waals surface area contributed by atoms with Gasteiger partial charge in [0.05, 0.1) is 16.8 Å². The van der Waals surface area contributed by atoms with E-state index in [1.54, 1.807) is 66.7 Å². The number of nitrogens with zero attached hydrogens (tertiary/aromatic N) is 1. The number of carbonyl (C=O) groups is 2. The number of hydrogen-bond donors (Lipinski definition) is 1. The molecule has 34 heavy (non-hydrogen) atoms. The lowest BCUT2D eigenvalue weighted by molar-refractivity contribution is 0.0926. The Kier molecular flexibility index (Phi) is 5.26. The third-order valence-electron chi connectivity index (χ3n) is 5.78. The number of imide groups is 1. The van der Waals surface area contributed by atoms with Crippen LogP contribution in [0.4, 0.5) is 11.4 Å². The van der Waals surface area contributed by atoms with E-state index in [0.29, 0.717) is 39.8 Å². The van der Waals surface area contributed by atoms with Crippen molar-refractivity contribution in [2.24, 2.45) is 0 Å². The molecular formula is C28H22N2O4. The largest absolute Gasteiger partial charge is 0.457 e. The van der Waals surface area contributed by atoms with E-state index in [1.807, 2.05) is 32.0 Å². The molecule has 0 aliphatic carbocycles. The molecule has 6 nitrogen and oxygen atoms in total. The lowest BCUT2D eigenvalue weighted by Crippen LogP contribution is -2.29.